The lowest BCUT2D eigenvalue weighted by molar-refractivity contribution is 0.0821. The molecule has 1 atom stereocenters. The van der Waals surface area contributed by atoms with Gasteiger partial charge in [-0.05, 0) is 18.4 Å². The van der Waals surface area contributed by atoms with Crippen LogP contribution in [0.15, 0.2) is 24.3 Å². The maximum Gasteiger partial charge on any atom is 0.169 e. The molecular weight excluding hydrogens is 287 g/mol. The molecule has 0 aromatic heterocycles. The largest absolute Gasteiger partial charge is 0.294 e. The summed E-state index contributed by atoms with van der Waals surface area (Å²) in [6, 6.07) is 8.00. The van der Waals surface area contributed by atoms with Gasteiger partial charge in [0.05, 0.1) is 0 Å². The fourth-order valence-electron chi connectivity index (χ4n) is 1.94. The summed E-state index contributed by atoms with van der Waals surface area (Å²) in [5.74, 6) is 0.328. The van der Waals surface area contributed by atoms with E-state index >= 15 is 0 Å². The molecule has 0 heterocycles. The second-order valence-electron chi connectivity index (χ2n) is 4.18. The average Bonchev–Trinajstić information content (AvgIpc) is 2.24. The van der Waals surface area contributed by atoms with E-state index in [-0.39, 0.29) is 5.41 Å². The van der Waals surface area contributed by atoms with Gasteiger partial charge in [0.15, 0.2) is 5.78 Å². The molecule has 1 aromatic carbocycles. The lowest BCUT2D eigenvalue weighted by Gasteiger charge is -2.31. The third-order valence-corrected chi connectivity index (χ3v) is 4.73. The van der Waals surface area contributed by atoms with Gasteiger partial charge in [0.2, 0.25) is 0 Å². The molecule has 1 aromatic rings. The number of aryl methyl sites for hydroxylation is 1. The van der Waals surface area contributed by atoms with E-state index in [9.17, 15) is 4.79 Å². The van der Waals surface area contributed by atoms with Crippen molar-refractivity contribution in [2.75, 3.05) is 4.43 Å². The number of hydrogen-bond acceptors (Lipinski definition) is 1. The molecule has 0 saturated heterocycles. The van der Waals surface area contributed by atoms with Gasteiger partial charge in [-0.2, -0.15) is 0 Å². The first kappa shape index (κ1) is 10.1. The first-order valence-corrected chi connectivity index (χ1v) is 6.38. The Hall–Kier alpha value is -0.380. The van der Waals surface area contributed by atoms with Gasteiger partial charge in [-0.15, -0.1) is 0 Å². The highest BCUT2D eigenvalue weighted by atomic mass is 127. The summed E-state index contributed by atoms with van der Waals surface area (Å²) in [5.41, 5.74) is 2.03. The van der Waals surface area contributed by atoms with Crippen molar-refractivity contribution >= 4 is 28.4 Å². The molecule has 14 heavy (non-hydrogen) atoms. The Kier molecular flexibility index (Phi) is 2.64. The van der Waals surface area contributed by atoms with Crippen LogP contribution in [0.25, 0.3) is 0 Å². The number of Topliss-reactive ketones (excluding diaryl/α,β-unsaturated/α-hetero) is 1. The SMILES string of the molecule is CC1(CI)CCc2ccccc2C1=O. The number of benzene rings is 1. The molecule has 0 radical (unpaired) electrons. The Bertz CT molecular complexity index is 372. The summed E-state index contributed by atoms with van der Waals surface area (Å²) in [7, 11) is 0. The highest BCUT2D eigenvalue weighted by Crippen LogP contribution is 2.36. The molecule has 0 bridgehead atoms. The monoisotopic (exact) mass is 300 g/mol. The number of fused-ring (bicyclic) bond motifs is 1. The summed E-state index contributed by atoms with van der Waals surface area (Å²) in [5, 5.41) is 0. The van der Waals surface area contributed by atoms with Crippen LogP contribution in [0, 0.1) is 5.41 Å². The van der Waals surface area contributed by atoms with Gasteiger partial charge in [-0.1, -0.05) is 53.8 Å². The fourth-order valence-corrected chi connectivity index (χ4v) is 2.66. The molecule has 0 amide bonds. The summed E-state index contributed by atoms with van der Waals surface area (Å²) in [6.07, 6.45) is 2.03. The quantitative estimate of drug-likeness (QED) is 0.575. The number of halogens is 1. The van der Waals surface area contributed by atoms with Gasteiger partial charge in [0.25, 0.3) is 0 Å². The molecule has 1 unspecified atom stereocenters. The van der Waals surface area contributed by atoms with E-state index in [1.165, 1.54) is 5.56 Å². The van der Waals surface area contributed by atoms with E-state index in [2.05, 4.69) is 35.6 Å². The Morgan fingerprint density at radius 2 is 2.14 bits per heavy atom. The van der Waals surface area contributed by atoms with Gasteiger partial charge < -0.3 is 0 Å². The number of carbonyl (C=O) groups excluding carboxylic acids is 1. The molecular formula is C12H13IO. The molecule has 2 rings (SSSR count). The standard InChI is InChI=1S/C12H13IO/c1-12(8-13)7-6-9-4-2-3-5-10(9)11(12)14/h2-5H,6-8H2,1H3. The lowest BCUT2D eigenvalue weighted by Crippen LogP contribution is -2.34. The lowest BCUT2D eigenvalue weighted by atomic mass is 9.73. The van der Waals surface area contributed by atoms with Gasteiger partial charge in [-0.3, -0.25) is 4.79 Å². The van der Waals surface area contributed by atoms with Crippen molar-refractivity contribution in [2.45, 2.75) is 19.8 Å². The second-order valence-corrected chi connectivity index (χ2v) is 4.94. The number of ketones is 1. The van der Waals surface area contributed by atoms with Crippen molar-refractivity contribution in [3.63, 3.8) is 0 Å². The Morgan fingerprint density at radius 1 is 1.43 bits per heavy atom. The molecule has 1 nitrogen and oxygen atoms in total. The van der Waals surface area contributed by atoms with E-state index in [1.807, 2.05) is 18.2 Å². The van der Waals surface area contributed by atoms with Crippen molar-refractivity contribution < 1.29 is 4.79 Å². The Labute approximate surface area is 98.0 Å². The first-order chi connectivity index (χ1) is 6.67. The van der Waals surface area contributed by atoms with Crippen LogP contribution in [-0.4, -0.2) is 10.2 Å². The van der Waals surface area contributed by atoms with Crippen LogP contribution in [0.5, 0.6) is 0 Å². The second kappa shape index (κ2) is 3.65. The molecule has 0 fully saturated rings. The number of carbonyl (C=O) groups is 1. The number of hydrogen-bond donors (Lipinski definition) is 0. The van der Waals surface area contributed by atoms with Crippen LogP contribution >= 0.6 is 22.6 Å². The minimum absolute atomic E-state index is 0.130. The Morgan fingerprint density at radius 3 is 2.86 bits per heavy atom. The maximum absolute atomic E-state index is 12.2. The minimum atomic E-state index is -0.130. The molecule has 74 valence electrons. The highest BCUT2D eigenvalue weighted by Gasteiger charge is 2.36. The Balaban J connectivity index is 2.46. The zero-order chi connectivity index (χ0) is 10.2. The number of rotatable bonds is 1. The van der Waals surface area contributed by atoms with Gasteiger partial charge >= 0.3 is 0 Å². The third kappa shape index (κ3) is 1.49. The summed E-state index contributed by atoms with van der Waals surface area (Å²) in [6.45, 7) is 2.08. The predicted molar refractivity (Wildman–Crippen MR) is 66.1 cm³/mol. The summed E-state index contributed by atoms with van der Waals surface area (Å²) >= 11 is 2.32. The normalized spacial score (nSPS) is 26.0. The minimum Gasteiger partial charge on any atom is -0.294 e. The zero-order valence-corrected chi connectivity index (χ0v) is 10.4. The molecule has 0 spiro atoms. The molecule has 1 aliphatic carbocycles. The van der Waals surface area contributed by atoms with Crippen LogP contribution in [0.1, 0.15) is 29.3 Å². The van der Waals surface area contributed by atoms with Crippen LogP contribution in [-0.2, 0) is 6.42 Å². The van der Waals surface area contributed by atoms with E-state index in [0.717, 1.165) is 22.8 Å². The van der Waals surface area contributed by atoms with Crippen molar-refractivity contribution in [3.8, 4) is 0 Å². The van der Waals surface area contributed by atoms with Crippen molar-refractivity contribution in [2.24, 2.45) is 5.41 Å². The third-order valence-electron chi connectivity index (χ3n) is 3.05. The van der Waals surface area contributed by atoms with E-state index in [4.69, 9.17) is 0 Å². The van der Waals surface area contributed by atoms with Crippen molar-refractivity contribution in [3.05, 3.63) is 35.4 Å². The van der Waals surface area contributed by atoms with Crippen LogP contribution < -0.4 is 0 Å². The molecule has 0 aliphatic heterocycles. The van der Waals surface area contributed by atoms with Gasteiger partial charge in [-0.25, -0.2) is 0 Å². The zero-order valence-electron chi connectivity index (χ0n) is 8.22. The topological polar surface area (TPSA) is 17.1 Å². The van der Waals surface area contributed by atoms with Gasteiger partial charge in [0.1, 0.15) is 0 Å². The van der Waals surface area contributed by atoms with Gasteiger partial charge in [0, 0.05) is 15.4 Å². The van der Waals surface area contributed by atoms with E-state index < -0.39 is 0 Å². The smallest absolute Gasteiger partial charge is 0.169 e. The van der Waals surface area contributed by atoms with Crippen LogP contribution in [0.2, 0.25) is 0 Å². The fraction of sp³-hybridized carbons (Fsp3) is 0.417. The summed E-state index contributed by atoms with van der Waals surface area (Å²) in [4.78, 5) is 12.2. The first-order valence-electron chi connectivity index (χ1n) is 4.86. The maximum atomic E-state index is 12.2. The van der Waals surface area contributed by atoms with Crippen molar-refractivity contribution in [1.29, 1.82) is 0 Å². The van der Waals surface area contributed by atoms with Crippen LogP contribution in [0.4, 0.5) is 0 Å². The molecule has 2 heteroatoms. The summed E-state index contributed by atoms with van der Waals surface area (Å²) < 4.78 is 0.915. The van der Waals surface area contributed by atoms with E-state index in [0.29, 0.717) is 5.78 Å². The van der Waals surface area contributed by atoms with Crippen LogP contribution in [0.3, 0.4) is 0 Å². The van der Waals surface area contributed by atoms with Crippen molar-refractivity contribution in [1.82, 2.24) is 0 Å². The predicted octanol–water partition coefficient (Wildman–Crippen LogP) is 3.26. The molecule has 1 aliphatic rings. The molecule has 0 N–H and O–H groups in total. The average molecular weight is 300 g/mol. The highest BCUT2D eigenvalue weighted by molar-refractivity contribution is 14.1. The molecule has 0 saturated carbocycles. The number of alkyl halides is 1. The van der Waals surface area contributed by atoms with E-state index in [1.54, 1.807) is 0 Å².